The van der Waals surface area contributed by atoms with Crippen LogP contribution in [0.15, 0.2) is 48.5 Å². The molecular weight excluding hydrogens is 262 g/mol. The van der Waals surface area contributed by atoms with Gasteiger partial charge in [0, 0.05) is 5.56 Å². The molecule has 21 heavy (non-hydrogen) atoms. The highest BCUT2D eigenvalue weighted by Crippen LogP contribution is 2.25. The minimum atomic E-state index is 0.348. The lowest BCUT2D eigenvalue weighted by molar-refractivity contribution is 0.111. The smallest absolute Gasteiger partial charge is 0.172 e. The van der Waals surface area contributed by atoms with Crippen molar-refractivity contribution in [3.05, 3.63) is 65.4 Å². The van der Waals surface area contributed by atoms with Crippen LogP contribution >= 0.6 is 0 Å². The zero-order valence-corrected chi connectivity index (χ0v) is 11.9. The van der Waals surface area contributed by atoms with Gasteiger partial charge in [0.2, 0.25) is 0 Å². The SMILES string of the molecule is Cc1cc(C)cc(-n2nnc(C=O)c2-c2ccccc2)c1. The molecule has 1 heterocycles. The second-order valence-electron chi connectivity index (χ2n) is 5.06. The van der Waals surface area contributed by atoms with Gasteiger partial charge in [-0.2, -0.15) is 0 Å². The third kappa shape index (κ3) is 2.48. The summed E-state index contributed by atoms with van der Waals surface area (Å²) in [5, 5.41) is 8.14. The number of benzene rings is 2. The van der Waals surface area contributed by atoms with Gasteiger partial charge >= 0.3 is 0 Å². The average Bonchev–Trinajstić information content (AvgIpc) is 2.91. The van der Waals surface area contributed by atoms with E-state index in [1.54, 1.807) is 4.68 Å². The van der Waals surface area contributed by atoms with E-state index in [9.17, 15) is 4.79 Å². The summed E-state index contributed by atoms with van der Waals surface area (Å²) in [6.45, 7) is 4.08. The fourth-order valence-corrected chi connectivity index (χ4v) is 2.49. The minimum Gasteiger partial charge on any atom is -0.296 e. The Labute approximate surface area is 123 Å². The van der Waals surface area contributed by atoms with E-state index < -0.39 is 0 Å². The molecule has 0 bridgehead atoms. The summed E-state index contributed by atoms with van der Waals surface area (Å²) in [5.41, 5.74) is 5.19. The maximum absolute atomic E-state index is 11.3. The van der Waals surface area contributed by atoms with Crippen LogP contribution in [0.3, 0.4) is 0 Å². The van der Waals surface area contributed by atoms with Crippen molar-refractivity contribution in [3.8, 4) is 16.9 Å². The molecule has 0 aliphatic heterocycles. The van der Waals surface area contributed by atoms with E-state index in [-0.39, 0.29) is 0 Å². The Morgan fingerprint density at radius 1 is 1.00 bits per heavy atom. The van der Waals surface area contributed by atoms with Crippen LogP contribution in [0.5, 0.6) is 0 Å². The maximum atomic E-state index is 11.3. The summed E-state index contributed by atoms with van der Waals surface area (Å²) < 4.78 is 1.72. The van der Waals surface area contributed by atoms with Gasteiger partial charge in [-0.15, -0.1) is 5.10 Å². The fraction of sp³-hybridized carbons (Fsp3) is 0.118. The van der Waals surface area contributed by atoms with Crippen LogP contribution in [0, 0.1) is 13.8 Å². The monoisotopic (exact) mass is 277 g/mol. The molecule has 0 spiro atoms. The summed E-state index contributed by atoms with van der Waals surface area (Å²) in [6.07, 6.45) is 0.745. The quantitative estimate of drug-likeness (QED) is 0.690. The Morgan fingerprint density at radius 3 is 2.29 bits per heavy atom. The van der Waals surface area contributed by atoms with Crippen LogP contribution in [0.4, 0.5) is 0 Å². The average molecular weight is 277 g/mol. The first-order chi connectivity index (χ1) is 10.2. The van der Waals surface area contributed by atoms with Crippen LogP contribution in [-0.4, -0.2) is 21.3 Å². The van der Waals surface area contributed by atoms with Crippen LogP contribution < -0.4 is 0 Å². The molecule has 0 aliphatic carbocycles. The van der Waals surface area contributed by atoms with Gasteiger partial charge in [0.15, 0.2) is 12.0 Å². The third-order valence-corrected chi connectivity index (χ3v) is 3.31. The number of carbonyl (C=O) groups is 1. The fourth-order valence-electron chi connectivity index (χ4n) is 2.49. The zero-order valence-electron chi connectivity index (χ0n) is 11.9. The molecule has 0 saturated heterocycles. The van der Waals surface area contributed by atoms with Gasteiger partial charge in [-0.25, -0.2) is 4.68 Å². The molecule has 0 unspecified atom stereocenters. The molecule has 3 aromatic rings. The molecule has 0 amide bonds. The highest BCUT2D eigenvalue weighted by molar-refractivity contribution is 5.83. The number of rotatable bonds is 3. The van der Waals surface area contributed by atoms with E-state index in [4.69, 9.17) is 0 Å². The molecule has 4 heteroatoms. The summed E-state index contributed by atoms with van der Waals surface area (Å²) >= 11 is 0. The Hall–Kier alpha value is -2.75. The molecule has 2 aromatic carbocycles. The molecule has 3 rings (SSSR count). The number of hydrogen-bond acceptors (Lipinski definition) is 3. The van der Waals surface area contributed by atoms with Gasteiger partial charge in [-0.3, -0.25) is 4.79 Å². The summed E-state index contributed by atoms with van der Waals surface area (Å²) in [6, 6.07) is 15.9. The Bertz CT molecular complexity index is 771. The molecule has 0 aliphatic rings. The molecule has 4 nitrogen and oxygen atoms in total. The topological polar surface area (TPSA) is 47.8 Å². The van der Waals surface area contributed by atoms with E-state index in [1.165, 1.54) is 0 Å². The van der Waals surface area contributed by atoms with Gasteiger partial charge in [-0.1, -0.05) is 41.6 Å². The predicted octanol–water partition coefficient (Wildman–Crippen LogP) is 3.36. The van der Waals surface area contributed by atoms with Gasteiger partial charge in [-0.05, 0) is 37.1 Å². The molecular formula is C17H15N3O. The molecule has 0 saturated carbocycles. The largest absolute Gasteiger partial charge is 0.296 e. The predicted molar refractivity (Wildman–Crippen MR) is 81.7 cm³/mol. The van der Waals surface area contributed by atoms with E-state index in [0.29, 0.717) is 5.69 Å². The second kappa shape index (κ2) is 5.32. The van der Waals surface area contributed by atoms with Crippen molar-refractivity contribution in [2.75, 3.05) is 0 Å². The zero-order chi connectivity index (χ0) is 14.8. The first-order valence-corrected chi connectivity index (χ1v) is 6.74. The third-order valence-electron chi connectivity index (χ3n) is 3.31. The first-order valence-electron chi connectivity index (χ1n) is 6.74. The Kier molecular flexibility index (Phi) is 3.36. The molecule has 0 N–H and O–H groups in total. The Morgan fingerprint density at radius 2 is 1.67 bits per heavy atom. The standard InChI is InChI=1S/C17H15N3O/c1-12-8-13(2)10-15(9-12)20-17(16(11-21)18-19-20)14-6-4-3-5-7-14/h3-11H,1-2H3. The van der Waals surface area contributed by atoms with E-state index in [0.717, 1.165) is 34.4 Å². The number of carbonyl (C=O) groups excluding carboxylic acids is 1. The van der Waals surface area contributed by atoms with Crippen molar-refractivity contribution in [1.82, 2.24) is 15.0 Å². The highest BCUT2D eigenvalue weighted by Gasteiger charge is 2.15. The van der Waals surface area contributed by atoms with Gasteiger partial charge in [0.1, 0.15) is 5.69 Å². The maximum Gasteiger partial charge on any atom is 0.172 e. The summed E-state index contributed by atoms with van der Waals surface area (Å²) in [5.74, 6) is 0. The van der Waals surface area contributed by atoms with Gasteiger partial charge < -0.3 is 0 Å². The van der Waals surface area contributed by atoms with E-state index >= 15 is 0 Å². The molecule has 0 atom stereocenters. The van der Waals surface area contributed by atoms with Crippen molar-refractivity contribution in [2.24, 2.45) is 0 Å². The second-order valence-corrected chi connectivity index (χ2v) is 5.06. The normalized spacial score (nSPS) is 10.6. The lowest BCUT2D eigenvalue weighted by Gasteiger charge is -2.09. The van der Waals surface area contributed by atoms with Crippen molar-refractivity contribution in [1.29, 1.82) is 0 Å². The lowest BCUT2D eigenvalue weighted by atomic mass is 10.1. The minimum absolute atomic E-state index is 0.348. The number of nitrogens with zero attached hydrogens (tertiary/aromatic N) is 3. The van der Waals surface area contributed by atoms with E-state index in [2.05, 4.69) is 16.4 Å². The number of hydrogen-bond donors (Lipinski definition) is 0. The van der Waals surface area contributed by atoms with Crippen molar-refractivity contribution in [3.63, 3.8) is 0 Å². The van der Waals surface area contributed by atoms with Gasteiger partial charge in [0.25, 0.3) is 0 Å². The van der Waals surface area contributed by atoms with Gasteiger partial charge in [0.05, 0.1) is 5.69 Å². The number of aromatic nitrogens is 3. The number of aryl methyl sites for hydroxylation is 2. The molecule has 0 fully saturated rings. The first kappa shape index (κ1) is 13.2. The van der Waals surface area contributed by atoms with Crippen molar-refractivity contribution in [2.45, 2.75) is 13.8 Å². The molecule has 0 radical (unpaired) electrons. The molecule has 104 valence electrons. The Balaban J connectivity index is 2.24. The van der Waals surface area contributed by atoms with Crippen molar-refractivity contribution < 1.29 is 4.79 Å². The van der Waals surface area contributed by atoms with E-state index in [1.807, 2.05) is 56.3 Å². The van der Waals surface area contributed by atoms with Crippen molar-refractivity contribution >= 4 is 6.29 Å². The van der Waals surface area contributed by atoms with Crippen LogP contribution in [0.25, 0.3) is 16.9 Å². The molecule has 1 aromatic heterocycles. The highest BCUT2D eigenvalue weighted by atomic mass is 16.1. The summed E-state index contributed by atoms with van der Waals surface area (Å²) in [4.78, 5) is 11.3. The van der Waals surface area contributed by atoms with Crippen LogP contribution in [-0.2, 0) is 0 Å². The van der Waals surface area contributed by atoms with Crippen LogP contribution in [0.2, 0.25) is 0 Å². The number of aldehydes is 1. The van der Waals surface area contributed by atoms with Crippen LogP contribution in [0.1, 0.15) is 21.6 Å². The lowest BCUT2D eigenvalue weighted by Crippen LogP contribution is -2.01. The summed E-state index contributed by atoms with van der Waals surface area (Å²) in [7, 11) is 0.